The van der Waals surface area contributed by atoms with E-state index in [1.54, 1.807) is 31.2 Å². The Morgan fingerprint density at radius 1 is 0.969 bits per heavy atom. The van der Waals surface area contributed by atoms with Crippen LogP contribution in [0.15, 0.2) is 47.4 Å². The van der Waals surface area contributed by atoms with Crippen molar-refractivity contribution < 1.29 is 22.4 Å². The second kappa shape index (κ2) is 10.1. The van der Waals surface area contributed by atoms with Gasteiger partial charge in [0.05, 0.1) is 11.4 Å². The maximum atomic E-state index is 13.0. The molecule has 0 atom stereocenters. The van der Waals surface area contributed by atoms with Crippen LogP contribution in [0.3, 0.4) is 0 Å². The lowest BCUT2D eigenvalue weighted by molar-refractivity contribution is -0.131. The summed E-state index contributed by atoms with van der Waals surface area (Å²) in [6.07, 6.45) is 0. The summed E-state index contributed by atoms with van der Waals surface area (Å²) >= 11 is 0. The highest BCUT2D eigenvalue weighted by Gasteiger charge is 2.31. The minimum Gasteiger partial charge on any atom is -0.339 e. The Balaban J connectivity index is 1.46. The monoisotopic (exact) mass is 462 g/mol. The van der Waals surface area contributed by atoms with E-state index in [0.717, 1.165) is 11.1 Å². The fourth-order valence-corrected chi connectivity index (χ4v) is 5.15. The van der Waals surface area contributed by atoms with Crippen LogP contribution in [0, 0.1) is 19.7 Å². The predicted molar refractivity (Wildman–Crippen MR) is 118 cm³/mol. The molecule has 0 aliphatic carbocycles. The Bertz CT molecular complexity index is 1080. The summed E-state index contributed by atoms with van der Waals surface area (Å²) in [5, 5.41) is 5.10. The zero-order valence-corrected chi connectivity index (χ0v) is 18.9. The molecule has 10 heteroatoms. The van der Waals surface area contributed by atoms with Crippen molar-refractivity contribution in [3.8, 4) is 0 Å². The fraction of sp³-hybridized carbons (Fsp3) is 0.364. The second-order valence-corrected chi connectivity index (χ2v) is 9.62. The van der Waals surface area contributed by atoms with Gasteiger partial charge in [0, 0.05) is 32.7 Å². The smallest absolute Gasteiger partial charge is 0.315 e. The van der Waals surface area contributed by atoms with E-state index < -0.39 is 16.1 Å². The first kappa shape index (κ1) is 23.7. The van der Waals surface area contributed by atoms with E-state index in [4.69, 9.17) is 0 Å². The van der Waals surface area contributed by atoms with Crippen LogP contribution in [-0.2, 0) is 21.4 Å². The molecule has 0 saturated carbocycles. The molecule has 3 amide bonds. The highest BCUT2D eigenvalue weighted by Crippen LogP contribution is 2.22. The van der Waals surface area contributed by atoms with Crippen molar-refractivity contribution in [2.24, 2.45) is 0 Å². The first-order chi connectivity index (χ1) is 15.2. The van der Waals surface area contributed by atoms with Gasteiger partial charge in [-0.3, -0.25) is 4.79 Å². The van der Waals surface area contributed by atoms with E-state index in [2.05, 4.69) is 10.6 Å². The van der Waals surface area contributed by atoms with Gasteiger partial charge in [-0.15, -0.1) is 0 Å². The Morgan fingerprint density at radius 3 is 2.28 bits per heavy atom. The first-order valence-corrected chi connectivity index (χ1v) is 11.7. The lowest BCUT2D eigenvalue weighted by Crippen LogP contribution is -2.53. The third-order valence-electron chi connectivity index (χ3n) is 5.32. The van der Waals surface area contributed by atoms with Crippen molar-refractivity contribution >= 4 is 22.0 Å². The van der Waals surface area contributed by atoms with Crippen LogP contribution in [0.1, 0.15) is 16.7 Å². The highest BCUT2D eigenvalue weighted by molar-refractivity contribution is 7.89. The third-order valence-corrected chi connectivity index (χ3v) is 7.36. The van der Waals surface area contributed by atoms with Gasteiger partial charge < -0.3 is 15.5 Å². The summed E-state index contributed by atoms with van der Waals surface area (Å²) in [6, 6.07) is 10.5. The van der Waals surface area contributed by atoms with Crippen LogP contribution in [-0.4, -0.2) is 62.3 Å². The molecule has 8 nitrogen and oxygen atoms in total. The number of hydrogen-bond donors (Lipinski definition) is 2. The number of rotatable bonds is 6. The van der Waals surface area contributed by atoms with Gasteiger partial charge in [0.2, 0.25) is 15.9 Å². The van der Waals surface area contributed by atoms with E-state index in [1.807, 2.05) is 13.0 Å². The van der Waals surface area contributed by atoms with Gasteiger partial charge >= 0.3 is 6.03 Å². The normalized spacial score (nSPS) is 14.8. The molecule has 2 aromatic carbocycles. The van der Waals surface area contributed by atoms with E-state index >= 15 is 0 Å². The average Bonchev–Trinajstić information content (AvgIpc) is 2.78. The maximum absolute atomic E-state index is 13.0. The Kier molecular flexibility index (Phi) is 7.47. The van der Waals surface area contributed by atoms with Gasteiger partial charge in [-0.05, 0) is 48.7 Å². The number of nitrogens with zero attached hydrogens (tertiary/aromatic N) is 2. The lowest BCUT2D eigenvalue weighted by atomic mass is 10.2. The molecule has 1 aliphatic heterocycles. The van der Waals surface area contributed by atoms with Crippen molar-refractivity contribution in [2.45, 2.75) is 25.3 Å². The number of benzene rings is 2. The first-order valence-electron chi connectivity index (χ1n) is 10.3. The minimum absolute atomic E-state index is 0.193. The zero-order chi connectivity index (χ0) is 23.3. The van der Waals surface area contributed by atoms with Crippen LogP contribution in [0.4, 0.5) is 9.18 Å². The lowest BCUT2D eigenvalue weighted by Gasteiger charge is -2.34. The molecular formula is C22H27FN4O4S. The standard InChI is InChI=1S/C22H27FN4O4S/c1-16-3-4-17(2)20(13-16)32(30,31)27-11-9-26(10-12-27)21(28)15-25-22(29)24-14-18-5-7-19(23)8-6-18/h3-8,13H,9-12,14-15H2,1-2H3,(H2,24,25,29). The van der Waals surface area contributed by atoms with Gasteiger partial charge in [0.1, 0.15) is 5.82 Å². The SMILES string of the molecule is Cc1ccc(C)c(S(=O)(=O)N2CCN(C(=O)CNC(=O)NCc3ccc(F)cc3)CC2)c1. The summed E-state index contributed by atoms with van der Waals surface area (Å²) in [6.45, 7) is 4.50. The van der Waals surface area contributed by atoms with E-state index in [0.29, 0.717) is 5.56 Å². The Morgan fingerprint density at radius 2 is 1.62 bits per heavy atom. The maximum Gasteiger partial charge on any atom is 0.315 e. The van der Waals surface area contributed by atoms with Gasteiger partial charge in [0.25, 0.3) is 0 Å². The zero-order valence-electron chi connectivity index (χ0n) is 18.1. The number of nitrogens with one attached hydrogen (secondary N) is 2. The van der Waals surface area contributed by atoms with Crippen LogP contribution >= 0.6 is 0 Å². The molecule has 3 rings (SSSR count). The second-order valence-electron chi connectivity index (χ2n) is 7.72. The quantitative estimate of drug-likeness (QED) is 0.684. The third kappa shape index (κ3) is 5.83. The predicted octanol–water partition coefficient (Wildman–Crippen LogP) is 1.77. The fourth-order valence-electron chi connectivity index (χ4n) is 3.42. The Labute approximate surface area is 187 Å². The number of carbonyl (C=O) groups is 2. The van der Waals surface area contributed by atoms with E-state index in [-0.39, 0.29) is 55.9 Å². The van der Waals surface area contributed by atoms with Crippen LogP contribution < -0.4 is 10.6 Å². The molecule has 2 N–H and O–H groups in total. The largest absolute Gasteiger partial charge is 0.339 e. The van der Waals surface area contributed by atoms with Crippen molar-refractivity contribution in [1.29, 1.82) is 0 Å². The Hall–Kier alpha value is -2.98. The van der Waals surface area contributed by atoms with Gasteiger partial charge in [-0.2, -0.15) is 4.31 Å². The van der Waals surface area contributed by atoms with Crippen LogP contribution in [0.25, 0.3) is 0 Å². The summed E-state index contributed by atoms with van der Waals surface area (Å²) in [7, 11) is -3.63. The molecular weight excluding hydrogens is 435 g/mol. The molecule has 0 bridgehead atoms. The van der Waals surface area contributed by atoms with Crippen LogP contribution in [0.2, 0.25) is 0 Å². The number of urea groups is 1. The van der Waals surface area contributed by atoms with E-state index in [9.17, 15) is 22.4 Å². The van der Waals surface area contributed by atoms with Gasteiger partial charge in [-0.25, -0.2) is 17.6 Å². The number of sulfonamides is 1. The molecule has 0 aromatic heterocycles. The number of hydrogen-bond acceptors (Lipinski definition) is 4. The van der Waals surface area contributed by atoms with Crippen molar-refractivity contribution in [2.75, 3.05) is 32.7 Å². The van der Waals surface area contributed by atoms with Gasteiger partial charge in [-0.1, -0.05) is 24.3 Å². The molecule has 2 aromatic rings. The molecule has 0 spiro atoms. The average molecular weight is 463 g/mol. The summed E-state index contributed by atoms with van der Waals surface area (Å²) in [5.41, 5.74) is 2.28. The van der Waals surface area contributed by atoms with Crippen molar-refractivity contribution in [1.82, 2.24) is 19.8 Å². The topological polar surface area (TPSA) is 98.8 Å². The number of carbonyl (C=O) groups excluding carboxylic acids is 2. The number of amides is 3. The van der Waals surface area contributed by atoms with Crippen molar-refractivity contribution in [3.05, 3.63) is 65.0 Å². The van der Waals surface area contributed by atoms with Gasteiger partial charge in [0.15, 0.2) is 0 Å². The highest BCUT2D eigenvalue weighted by atomic mass is 32.2. The molecule has 1 saturated heterocycles. The molecule has 0 unspecified atom stereocenters. The minimum atomic E-state index is -3.63. The summed E-state index contributed by atoms with van der Waals surface area (Å²) in [4.78, 5) is 26.2. The summed E-state index contributed by atoms with van der Waals surface area (Å²) in [5.74, 6) is -0.642. The molecule has 0 radical (unpaired) electrons. The number of piperazine rings is 1. The van der Waals surface area contributed by atoms with Crippen LogP contribution in [0.5, 0.6) is 0 Å². The molecule has 1 aliphatic rings. The van der Waals surface area contributed by atoms with Crippen molar-refractivity contribution in [3.63, 3.8) is 0 Å². The molecule has 172 valence electrons. The summed E-state index contributed by atoms with van der Waals surface area (Å²) < 4.78 is 40.3. The van der Waals surface area contributed by atoms with E-state index in [1.165, 1.54) is 21.3 Å². The number of halogens is 1. The molecule has 1 fully saturated rings. The molecule has 1 heterocycles. The molecule has 32 heavy (non-hydrogen) atoms. The number of aryl methyl sites for hydroxylation is 2.